The summed E-state index contributed by atoms with van der Waals surface area (Å²) < 4.78 is 43.9. The second-order valence-electron chi connectivity index (χ2n) is 5.85. The summed E-state index contributed by atoms with van der Waals surface area (Å²) in [6, 6.07) is 12.2. The van der Waals surface area contributed by atoms with Crippen LogP contribution >= 0.6 is 0 Å². The number of halogens is 3. The van der Waals surface area contributed by atoms with Crippen LogP contribution < -0.4 is 0 Å². The van der Waals surface area contributed by atoms with E-state index >= 15 is 0 Å². The Morgan fingerprint density at radius 3 is 2.65 bits per heavy atom. The number of ether oxygens (including phenoxy) is 1. The van der Waals surface area contributed by atoms with Gasteiger partial charge in [0, 0.05) is 0 Å². The average Bonchev–Trinajstić information content (AvgIpc) is 3.03. The molecular weight excluding hydrogens is 345 g/mol. The molecule has 136 valence electrons. The van der Waals surface area contributed by atoms with Crippen molar-refractivity contribution in [3.63, 3.8) is 0 Å². The Morgan fingerprint density at radius 2 is 1.96 bits per heavy atom. The Balaban J connectivity index is 1.95. The first-order chi connectivity index (χ1) is 12.4. The number of aromatic nitrogens is 2. The number of rotatable bonds is 5. The van der Waals surface area contributed by atoms with Crippen molar-refractivity contribution in [1.29, 1.82) is 0 Å². The summed E-state index contributed by atoms with van der Waals surface area (Å²) in [5, 5.41) is 0. The molecule has 7 heteroatoms. The molecule has 0 saturated carbocycles. The molecule has 0 aliphatic heterocycles. The van der Waals surface area contributed by atoms with Crippen molar-refractivity contribution >= 4 is 17.0 Å². The van der Waals surface area contributed by atoms with E-state index in [0.29, 0.717) is 16.9 Å². The molecule has 1 heterocycles. The maximum Gasteiger partial charge on any atom is 0.416 e. The number of imidazole rings is 1. The highest BCUT2D eigenvalue weighted by Gasteiger charge is 2.31. The highest BCUT2D eigenvalue weighted by molar-refractivity contribution is 5.81. The third-order valence-electron chi connectivity index (χ3n) is 4.00. The monoisotopic (exact) mass is 362 g/mol. The van der Waals surface area contributed by atoms with Crippen LogP contribution in [-0.2, 0) is 22.1 Å². The van der Waals surface area contributed by atoms with Crippen LogP contribution in [0.5, 0.6) is 0 Å². The molecule has 0 radical (unpaired) electrons. The molecule has 0 bridgehead atoms. The van der Waals surface area contributed by atoms with Gasteiger partial charge in [-0.15, -0.1) is 0 Å². The first-order valence-electron chi connectivity index (χ1n) is 8.16. The first kappa shape index (κ1) is 18.0. The van der Waals surface area contributed by atoms with E-state index < -0.39 is 23.6 Å². The minimum absolute atomic E-state index is 0.0581. The number of hydrogen-bond acceptors (Lipinski definition) is 3. The summed E-state index contributed by atoms with van der Waals surface area (Å²) in [6.45, 7) is 1.86. The van der Waals surface area contributed by atoms with E-state index in [1.165, 1.54) is 6.07 Å². The summed E-state index contributed by atoms with van der Waals surface area (Å²) in [5.74, 6) is -0.961. The van der Waals surface area contributed by atoms with Gasteiger partial charge < -0.3 is 9.72 Å². The van der Waals surface area contributed by atoms with E-state index in [9.17, 15) is 18.0 Å². The van der Waals surface area contributed by atoms with Crippen molar-refractivity contribution in [2.24, 2.45) is 0 Å². The second kappa shape index (κ2) is 7.19. The molecule has 1 atom stereocenters. The summed E-state index contributed by atoms with van der Waals surface area (Å²) in [7, 11) is 0. The molecule has 2 aromatic carbocycles. The number of aromatic amines is 1. The molecule has 1 N–H and O–H groups in total. The van der Waals surface area contributed by atoms with Crippen molar-refractivity contribution < 1.29 is 22.7 Å². The number of H-pyrrole nitrogens is 1. The smallest absolute Gasteiger partial charge is 0.416 e. The summed E-state index contributed by atoms with van der Waals surface area (Å²) >= 11 is 0. The quantitative estimate of drug-likeness (QED) is 0.681. The minimum Gasteiger partial charge on any atom is -0.465 e. The zero-order chi connectivity index (χ0) is 18.7. The topological polar surface area (TPSA) is 55.0 Å². The number of alkyl halides is 3. The minimum atomic E-state index is -4.44. The molecule has 0 aliphatic carbocycles. The number of esters is 1. The second-order valence-corrected chi connectivity index (χ2v) is 5.85. The van der Waals surface area contributed by atoms with Crippen LogP contribution in [0.3, 0.4) is 0 Å². The van der Waals surface area contributed by atoms with E-state index in [2.05, 4.69) is 9.97 Å². The van der Waals surface area contributed by atoms with Crippen molar-refractivity contribution in [2.75, 3.05) is 6.61 Å². The standard InChI is InChI=1S/C19H17F3N2O2/c1-2-26-18(25)14(17-23-15-8-3-4-9-16(15)24-17)11-12-6-5-7-13(10-12)19(20,21)22/h3-10,14H,2,11H2,1H3,(H,23,24). The van der Waals surface area contributed by atoms with Crippen molar-refractivity contribution in [1.82, 2.24) is 9.97 Å². The fourth-order valence-corrected chi connectivity index (χ4v) is 2.78. The zero-order valence-corrected chi connectivity index (χ0v) is 14.0. The van der Waals surface area contributed by atoms with E-state index in [1.807, 2.05) is 18.2 Å². The van der Waals surface area contributed by atoms with Crippen LogP contribution in [0.1, 0.15) is 29.8 Å². The normalized spacial score (nSPS) is 12.9. The number of hydrogen-bond donors (Lipinski definition) is 1. The lowest BCUT2D eigenvalue weighted by atomic mass is 9.97. The van der Waals surface area contributed by atoms with Crippen LogP contribution in [0.2, 0.25) is 0 Å². The number of para-hydroxylation sites is 2. The van der Waals surface area contributed by atoms with Gasteiger partial charge in [-0.25, -0.2) is 4.98 Å². The molecule has 3 aromatic rings. The highest BCUT2D eigenvalue weighted by atomic mass is 19.4. The van der Waals surface area contributed by atoms with Crippen LogP contribution in [0.25, 0.3) is 11.0 Å². The summed E-state index contributed by atoms with van der Waals surface area (Å²) in [6.07, 6.45) is -4.38. The number of carbonyl (C=O) groups is 1. The lowest BCUT2D eigenvalue weighted by molar-refractivity contribution is -0.145. The van der Waals surface area contributed by atoms with Gasteiger partial charge in [-0.2, -0.15) is 13.2 Å². The number of nitrogens with zero attached hydrogens (tertiary/aromatic N) is 1. The van der Waals surface area contributed by atoms with Crippen molar-refractivity contribution in [3.05, 3.63) is 65.5 Å². The average molecular weight is 362 g/mol. The SMILES string of the molecule is CCOC(=O)C(Cc1cccc(C(F)(F)F)c1)c1nc2ccccc2[nH]1. The van der Waals surface area contributed by atoms with Crippen LogP contribution in [0.4, 0.5) is 13.2 Å². The Kier molecular flexibility index (Phi) is 4.97. The molecule has 0 saturated heterocycles. The molecule has 4 nitrogen and oxygen atoms in total. The van der Waals surface area contributed by atoms with Crippen LogP contribution in [0.15, 0.2) is 48.5 Å². The highest BCUT2D eigenvalue weighted by Crippen LogP contribution is 2.31. The molecule has 0 aliphatic rings. The van der Waals surface area contributed by atoms with Gasteiger partial charge in [0.05, 0.1) is 23.2 Å². The van der Waals surface area contributed by atoms with Gasteiger partial charge in [0.15, 0.2) is 0 Å². The van der Waals surface area contributed by atoms with E-state index in [4.69, 9.17) is 4.74 Å². The van der Waals surface area contributed by atoms with Gasteiger partial charge in [0.25, 0.3) is 0 Å². The molecule has 0 spiro atoms. The Hall–Kier alpha value is -2.83. The van der Waals surface area contributed by atoms with Gasteiger partial charge in [-0.3, -0.25) is 4.79 Å². The summed E-state index contributed by atoms with van der Waals surface area (Å²) in [5.41, 5.74) is 1.07. The maximum absolute atomic E-state index is 12.9. The Labute approximate surface area is 148 Å². The molecular formula is C19H17F3N2O2. The lowest BCUT2D eigenvalue weighted by Gasteiger charge is -2.15. The number of fused-ring (bicyclic) bond motifs is 1. The first-order valence-corrected chi connectivity index (χ1v) is 8.16. The number of nitrogens with one attached hydrogen (secondary N) is 1. The number of benzene rings is 2. The largest absolute Gasteiger partial charge is 0.465 e. The van der Waals surface area contributed by atoms with Gasteiger partial charge in [-0.05, 0) is 37.1 Å². The van der Waals surface area contributed by atoms with Gasteiger partial charge in [-0.1, -0.05) is 30.3 Å². The zero-order valence-electron chi connectivity index (χ0n) is 14.0. The molecule has 1 unspecified atom stereocenters. The molecule has 0 fully saturated rings. The predicted molar refractivity (Wildman–Crippen MR) is 90.6 cm³/mol. The van der Waals surface area contributed by atoms with Crippen molar-refractivity contribution in [2.45, 2.75) is 25.4 Å². The third kappa shape index (κ3) is 3.87. The third-order valence-corrected chi connectivity index (χ3v) is 4.00. The Morgan fingerprint density at radius 1 is 1.19 bits per heavy atom. The van der Waals surface area contributed by atoms with E-state index in [1.54, 1.807) is 19.1 Å². The molecule has 3 rings (SSSR count). The predicted octanol–water partition coefficient (Wildman–Crippen LogP) is 4.47. The summed E-state index contributed by atoms with van der Waals surface area (Å²) in [4.78, 5) is 19.9. The lowest BCUT2D eigenvalue weighted by Crippen LogP contribution is -2.20. The molecule has 26 heavy (non-hydrogen) atoms. The van der Waals surface area contributed by atoms with E-state index in [-0.39, 0.29) is 13.0 Å². The van der Waals surface area contributed by atoms with Crippen molar-refractivity contribution in [3.8, 4) is 0 Å². The Bertz CT molecular complexity index is 885. The maximum atomic E-state index is 12.9. The van der Waals surface area contributed by atoms with Gasteiger partial charge in [0.1, 0.15) is 11.7 Å². The van der Waals surface area contributed by atoms with Crippen LogP contribution in [-0.4, -0.2) is 22.5 Å². The molecule has 1 aromatic heterocycles. The van der Waals surface area contributed by atoms with Gasteiger partial charge >= 0.3 is 12.1 Å². The fraction of sp³-hybridized carbons (Fsp3) is 0.263. The van der Waals surface area contributed by atoms with Crippen LogP contribution in [0, 0.1) is 0 Å². The van der Waals surface area contributed by atoms with Gasteiger partial charge in [0.2, 0.25) is 0 Å². The van der Waals surface area contributed by atoms with E-state index in [0.717, 1.165) is 17.6 Å². The molecule has 0 amide bonds. The number of carbonyl (C=O) groups excluding carboxylic acids is 1. The fourth-order valence-electron chi connectivity index (χ4n) is 2.78.